The second-order valence-electron chi connectivity index (χ2n) is 4.95. The lowest BCUT2D eigenvalue weighted by Crippen LogP contribution is -2.31. The molecule has 4 nitrogen and oxygen atoms in total. The quantitative estimate of drug-likeness (QED) is 0.755. The number of rotatable bonds is 3. The number of nitrogen functional groups attached to an aromatic ring is 1. The van der Waals surface area contributed by atoms with Gasteiger partial charge in [0.15, 0.2) is 0 Å². The van der Waals surface area contributed by atoms with Crippen molar-refractivity contribution < 1.29 is 9.18 Å². The summed E-state index contributed by atoms with van der Waals surface area (Å²) >= 11 is 0. The van der Waals surface area contributed by atoms with E-state index in [-0.39, 0.29) is 6.04 Å². The summed E-state index contributed by atoms with van der Waals surface area (Å²) in [5, 5.41) is 5.37. The monoisotopic (exact) mass is 287 g/mol. The van der Waals surface area contributed by atoms with Gasteiger partial charge in [-0.3, -0.25) is 0 Å². The third-order valence-corrected chi connectivity index (χ3v) is 3.23. The number of halogens is 1. The molecule has 2 aromatic carbocycles. The van der Waals surface area contributed by atoms with Crippen molar-refractivity contribution in [1.82, 2.24) is 5.32 Å². The van der Waals surface area contributed by atoms with E-state index in [1.54, 1.807) is 6.07 Å². The zero-order valence-corrected chi connectivity index (χ0v) is 12.0. The van der Waals surface area contributed by atoms with E-state index in [1.165, 1.54) is 18.2 Å². The molecule has 0 bridgehead atoms. The molecule has 0 aromatic heterocycles. The van der Waals surface area contributed by atoms with Gasteiger partial charge in [0.25, 0.3) is 0 Å². The van der Waals surface area contributed by atoms with Gasteiger partial charge < -0.3 is 16.4 Å². The van der Waals surface area contributed by atoms with Crippen molar-refractivity contribution in [3.8, 4) is 0 Å². The average Bonchev–Trinajstić information content (AvgIpc) is 2.41. The molecule has 0 saturated heterocycles. The molecule has 5 heteroatoms. The van der Waals surface area contributed by atoms with Crippen LogP contribution in [-0.4, -0.2) is 6.03 Å². The Morgan fingerprint density at radius 2 is 2.00 bits per heavy atom. The molecule has 0 fully saturated rings. The predicted octanol–water partition coefficient (Wildman–Crippen LogP) is 3.60. The summed E-state index contributed by atoms with van der Waals surface area (Å²) in [7, 11) is 0. The minimum atomic E-state index is -0.396. The maximum Gasteiger partial charge on any atom is 0.319 e. The number of amides is 2. The smallest absolute Gasteiger partial charge is 0.319 e. The first-order valence-corrected chi connectivity index (χ1v) is 6.65. The lowest BCUT2D eigenvalue weighted by Gasteiger charge is -2.16. The van der Waals surface area contributed by atoms with Crippen molar-refractivity contribution >= 4 is 17.4 Å². The van der Waals surface area contributed by atoms with E-state index >= 15 is 0 Å². The Bertz CT molecular complexity index is 658. The van der Waals surface area contributed by atoms with Gasteiger partial charge in [0.2, 0.25) is 0 Å². The molecule has 0 spiro atoms. The number of hydrogen-bond donors (Lipinski definition) is 3. The third-order valence-electron chi connectivity index (χ3n) is 3.23. The zero-order valence-electron chi connectivity index (χ0n) is 12.0. The van der Waals surface area contributed by atoms with Crippen molar-refractivity contribution in [2.24, 2.45) is 0 Å². The largest absolute Gasteiger partial charge is 0.399 e. The third kappa shape index (κ3) is 3.95. The Labute approximate surface area is 123 Å². The topological polar surface area (TPSA) is 67.2 Å². The first-order chi connectivity index (χ1) is 9.95. The number of carbonyl (C=O) groups is 1. The van der Waals surface area contributed by atoms with Gasteiger partial charge in [-0.15, -0.1) is 0 Å². The van der Waals surface area contributed by atoms with Gasteiger partial charge in [-0.05, 0) is 49.2 Å². The summed E-state index contributed by atoms with van der Waals surface area (Å²) in [6.07, 6.45) is 0. The fraction of sp³-hybridized carbons (Fsp3) is 0.188. The van der Waals surface area contributed by atoms with Crippen LogP contribution in [0.25, 0.3) is 0 Å². The van der Waals surface area contributed by atoms with Crippen LogP contribution in [-0.2, 0) is 0 Å². The number of hydrogen-bond acceptors (Lipinski definition) is 2. The number of nitrogens with two attached hydrogens (primary N) is 1. The van der Waals surface area contributed by atoms with Crippen molar-refractivity contribution in [1.29, 1.82) is 0 Å². The molecule has 0 heterocycles. The second kappa shape index (κ2) is 6.26. The molecule has 0 aliphatic rings. The highest BCUT2D eigenvalue weighted by atomic mass is 19.1. The van der Waals surface area contributed by atoms with Crippen LogP contribution in [0.3, 0.4) is 0 Å². The van der Waals surface area contributed by atoms with Crippen LogP contribution < -0.4 is 16.4 Å². The molecule has 1 atom stereocenters. The molecular formula is C16H18FN3O. The number of nitrogens with one attached hydrogen (secondary N) is 2. The highest BCUT2D eigenvalue weighted by Gasteiger charge is 2.10. The molecule has 0 aliphatic heterocycles. The Morgan fingerprint density at radius 3 is 2.67 bits per heavy atom. The van der Waals surface area contributed by atoms with E-state index in [4.69, 9.17) is 5.73 Å². The first kappa shape index (κ1) is 14.8. The Hall–Kier alpha value is -2.56. The van der Waals surface area contributed by atoms with E-state index in [9.17, 15) is 9.18 Å². The van der Waals surface area contributed by atoms with Crippen molar-refractivity contribution in [2.45, 2.75) is 19.9 Å². The molecule has 0 radical (unpaired) electrons. The molecule has 21 heavy (non-hydrogen) atoms. The second-order valence-corrected chi connectivity index (χ2v) is 4.95. The van der Waals surface area contributed by atoms with E-state index in [2.05, 4.69) is 10.6 Å². The van der Waals surface area contributed by atoms with Gasteiger partial charge >= 0.3 is 6.03 Å². The number of urea groups is 1. The molecule has 2 rings (SSSR count). The van der Waals surface area contributed by atoms with Gasteiger partial charge in [-0.1, -0.05) is 18.2 Å². The molecule has 0 saturated carbocycles. The van der Waals surface area contributed by atoms with Crippen LogP contribution in [0.4, 0.5) is 20.6 Å². The van der Waals surface area contributed by atoms with Crippen LogP contribution in [0, 0.1) is 12.7 Å². The van der Waals surface area contributed by atoms with Crippen molar-refractivity contribution in [3.63, 3.8) is 0 Å². The summed E-state index contributed by atoms with van der Waals surface area (Å²) in [5.74, 6) is -0.396. The van der Waals surface area contributed by atoms with Gasteiger partial charge in [-0.25, -0.2) is 9.18 Å². The molecule has 4 N–H and O–H groups in total. The summed E-state index contributed by atoms with van der Waals surface area (Å²) in [4.78, 5) is 11.9. The highest BCUT2D eigenvalue weighted by Crippen LogP contribution is 2.19. The molecule has 1 unspecified atom stereocenters. The number of anilines is 2. The van der Waals surface area contributed by atoms with Crippen LogP contribution in [0.1, 0.15) is 24.1 Å². The molecule has 110 valence electrons. The summed E-state index contributed by atoms with van der Waals surface area (Å²) in [6, 6.07) is 10.8. The molecular weight excluding hydrogens is 269 g/mol. The number of aryl methyl sites for hydroxylation is 1. The lowest BCUT2D eigenvalue weighted by atomic mass is 10.1. The Morgan fingerprint density at radius 1 is 1.24 bits per heavy atom. The van der Waals surface area contributed by atoms with E-state index < -0.39 is 11.8 Å². The summed E-state index contributed by atoms with van der Waals surface area (Å²) in [5.41, 5.74) is 8.86. The van der Waals surface area contributed by atoms with Crippen molar-refractivity contribution in [2.75, 3.05) is 11.1 Å². The first-order valence-electron chi connectivity index (χ1n) is 6.65. The lowest BCUT2D eigenvalue weighted by molar-refractivity contribution is 0.249. The Balaban J connectivity index is 2.00. The fourth-order valence-electron chi connectivity index (χ4n) is 1.94. The predicted molar refractivity (Wildman–Crippen MR) is 82.6 cm³/mol. The van der Waals surface area contributed by atoms with E-state index in [0.29, 0.717) is 11.4 Å². The van der Waals surface area contributed by atoms with Gasteiger partial charge in [0, 0.05) is 11.4 Å². The summed E-state index contributed by atoms with van der Waals surface area (Å²) in [6.45, 7) is 3.78. The fourth-order valence-corrected chi connectivity index (χ4v) is 1.94. The maximum atomic E-state index is 13.0. The van der Waals surface area contributed by atoms with Crippen LogP contribution in [0.2, 0.25) is 0 Å². The Kier molecular flexibility index (Phi) is 4.42. The number of benzene rings is 2. The van der Waals surface area contributed by atoms with E-state index in [0.717, 1.165) is 11.1 Å². The highest BCUT2D eigenvalue weighted by molar-refractivity contribution is 5.89. The zero-order chi connectivity index (χ0) is 15.4. The van der Waals surface area contributed by atoms with Crippen LogP contribution >= 0.6 is 0 Å². The van der Waals surface area contributed by atoms with E-state index in [1.807, 2.05) is 32.0 Å². The molecule has 2 aromatic rings. The van der Waals surface area contributed by atoms with Crippen molar-refractivity contribution in [3.05, 3.63) is 59.4 Å². The minimum absolute atomic E-state index is 0.207. The molecule has 0 aliphatic carbocycles. The normalized spacial score (nSPS) is 11.8. The summed E-state index contributed by atoms with van der Waals surface area (Å²) < 4.78 is 13.0. The van der Waals surface area contributed by atoms with Crippen LogP contribution in [0.15, 0.2) is 42.5 Å². The molecule has 2 amide bonds. The van der Waals surface area contributed by atoms with Crippen LogP contribution in [0.5, 0.6) is 0 Å². The number of carbonyl (C=O) groups excluding carboxylic acids is 1. The van der Waals surface area contributed by atoms with Gasteiger partial charge in [0.1, 0.15) is 5.82 Å². The minimum Gasteiger partial charge on any atom is -0.399 e. The SMILES string of the molecule is Cc1ccc(C(C)NC(=O)Nc2cccc(F)c2)cc1N. The average molecular weight is 287 g/mol. The van der Waals surface area contributed by atoms with Gasteiger partial charge in [0.05, 0.1) is 6.04 Å². The standard InChI is InChI=1S/C16H18FN3O/c1-10-6-7-12(8-15(10)18)11(2)19-16(21)20-14-5-3-4-13(17)9-14/h3-9,11H,18H2,1-2H3,(H2,19,20,21). The maximum absolute atomic E-state index is 13.0. The van der Waals surface area contributed by atoms with Gasteiger partial charge in [-0.2, -0.15) is 0 Å².